The molecule has 0 aliphatic rings. The fraction of sp³-hybridized carbons (Fsp3) is 0.188. The number of hydrogen-bond acceptors (Lipinski definition) is 3. The number of nitrogens with two attached hydrogens (primary N) is 1. The van der Waals surface area contributed by atoms with Crippen LogP contribution in [0.1, 0.15) is 28.4 Å². The molecule has 0 saturated carbocycles. The van der Waals surface area contributed by atoms with E-state index in [9.17, 15) is 4.79 Å². The molecule has 0 unspecified atom stereocenters. The molecule has 0 saturated heterocycles. The van der Waals surface area contributed by atoms with Gasteiger partial charge in [0.05, 0.1) is 12.7 Å². The lowest BCUT2D eigenvalue weighted by Gasteiger charge is -2.10. The quantitative estimate of drug-likeness (QED) is 0.674. The number of ketones is 1. The Bertz CT molecular complexity index is 605. The van der Waals surface area contributed by atoms with Crippen molar-refractivity contribution in [2.24, 2.45) is 0 Å². The molecule has 3 heteroatoms. The van der Waals surface area contributed by atoms with Crippen LogP contribution in [0, 0.1) is 0 Å². The minimum atomic E-state index is -0.106. The van der Waals surface area contributed by atoms with E-state index in [-0.39, 0.29) is 5.78 Å². The maximum Gasteiger partial charge on any atom is 0.198 e. The summed E-state index contributed by atoms with van der Waals surface area (Å²) in [5.41, 5.74) is 8.50. The molecule has 0 fully saturated rings. The lowest BCUT2D eigenvalue weighted by atomic mass is 9.98. The van der Waals surface area contributed by atoms with Gasteiger partial charge in [-0.2, -0.15) is 0 Å². The van der Waals surface area contributed by atoms with Crippen molar-refractivity contribution in [3.63, 3.8) is 0 Å². The van der Waals surface area contributed by atoms with Crippen molar-refractivity contribution in [3.05, 3.63) is 59.2 Å². The molecule has 3 nitrogen and oxygen atoms in total. The number of ether oxygens (including phenoxy) is 1. The molecule has 0 aliphatic heterocycles. The molecule has 0 spiro atoms. The van der Waals surface area contributed by atoms with Crippen LogP contribution in [0.3, 0.4) is 0 Å². The van der Waals surface area contributed by atoms with Gasteiger partial charge in [0.15, 0.2) is 5.78 Å². The number of rotatable bonds is 4. The molecule has 0 aromatic heterocycles. The van der Waals surface area contributed by atoms with Gasteiger partial charge in [-0.25, -0.2) is 0 Å². The molecule has 0 amide bonds. The molecular formula is C16H17NO2. The normalized spacial score (nSPS) is 10.2. The zero-order valence-corrected chi connectivity index (χ0v) is 11.1. The van der Waals surface area contributed by atoms with Gasteiger partial charge in [0, 0.05) is 11.3 Å². The summed E-state index contributed by atoms with van der Waals surface area (Å²) < 4.78 is 5.27. The first-order valence-electron chi connectivity index (χ1n) is 6.23. The van der Waals surface area contributed by atoms with Crippen LogP contribution in [0.15, 0.2) is 42.5 Å². The van der Waals surface area contributed by atoms with Gasteiger partial charge in [-0.1, -0.05) is 25.1 Å². The lowest BCUT2D eigenvalue weighted by molar-refractivity contribution is 0.103. The number of nitrogen functional groups attached to an aromatic ring is 1. The third-order valence-electron chi connectivity index (χ3n) is 3.12. The van der Waals surface area contributed by atoms with Crippen LogP contribution < -0.4 is 10.5 Å². The van der Waals surface area contributed by atoms with E-state index in [0.29, 0.717) is 22.6 Å². The highest BCUT2D eigenvalue weighted by atomic mass is 16.5. The Kier molecular flexibility index (Phi) is 3.85. The van der Waals surface area contributed by atoms with E-state index in [1.165, 1.54) is 0 Å². The average Bonchev–Trinajstić information content (AvgIpc) is 2.46. The van der Waals surface area contributed by atoms with Gasteiger partial charge < -0.3 is 10.5 Å². The summed E-state index contributed by atoms with van der Waals surface area (Å²) in [5.74, 6) is 0.468. The summed E-state index contributed by atoms with van der Waals surface area (Å²) in [6.07, 6.45) is 0.870. The third kappa shape index (κ3) is 2.60. The number of benzene rings is 2. The van der Waals surface area contributed by atoms with Crippen LogP contribution in [0.4, 0.5) is 5.69 Å². The first-order chi connectivity index (χ1) is 9.17. The van der Waals surface area contributed by atoms with Crippen molar-refractivity contribution >= 4 is 11.5 Å². The predicted molar refractivity (Wildman–Crippen MR) is 76.7 cm³/mol. The second kappa shape index (κ2) is 5.57. The highest BCUT2D eigenvalue weighted by molar-refractivity contribution is 6.13. The maximum absolute atomic E-state index is 12.6. The summed E-state index contributed by atoms with van der Waals surface area (Å²) in [6, 6.07) is 12.7. The lowest BCUT2D eigenvalue weighted by Crippen LogP contribution is -2.07. The van der Waals surface area contributed by atoms with Crippen molar-refractivity contribution in [3.8, 4) is 5.75 Å². The van der Waals surface area contributed by atoms with Crippen molar-refractivity contribution in [2.75, 3.05) is 12.8 Å². The highest BCUT2D eigenvalue weighted by Gasteiger charge is 2.16. The summed E-state index contributed by atoms with van der Waals surface area (Å²) in [4.78, 5) is 12.6. The highest BCUT2D eigenvalue weighted by Crippen LogP contribution is 2.25. The Hall–Kier alpha value is -2.29. The topological polar surface area (TPSA) is 52.3 Å². The Labute approximate surface area is 113 Å². The van der Waals surface area contributed by atoms with Gasteiger partial charge in [0.1, 0.15) is 5.75 Å². The third-order valence-corrected chi connectivity index (χ3v) is 3.12. The second-order valence-electron chi connectivity index (χ2n) is 4.30. The van der Waals surface area contributed by atoms with Gasteiger partial charge in [0.25, 0.3) is 0 Å². The van der Waals surface area contributed by atoms with E-state index in [0.717, 1.165) is 12.0 Å². The largest absolute Gasteiger partial charge is 0.496 e. The molecule has 2 rings (SSSR count). The first kappa shape index (κ1) is 13.1. The molecular weight excluding hydrogens is 238 g/mol. The molecule has 0 aliphatic carbocycles. The van der Waals surface area contributed by atoms with Crippen molar-refractivity contribution in [2.45, 2.75) is 13.3 Å². The molecule has 2 N–H and O–H groups in total. The minimum absolute atomic E-state index is 0.106. The summed E-state index contributed by atoms with van der Waals surface area (Å²) in [5, 5.41) is 0. The van der Waals surface area contributed by atoms with Crippen molar-refractivity contribution in [1.29, 1.82) is 0 Å². The van der Waals surface area contributed by atoms with Gasteiger partial charge in [-0.05, 0) is 36.2 Å². The Morgan fingerprint density at radius 3 is 2.53 bits per heavy atom. The summed E-state index contributed by atoms with van der Waals surface area (Å²) >= 11 is 0. The predicted octanol–water partition coefficient (Wildman–Crippen LogP) is 3.07. The number of methoxy groups -OCH3 is 1. The van der Waals surface area contributed by atoms with Crippen molar-refractivity contribution in [1.82, 2.24) is 0 Å². The van der Waals surface area contributed by atoms with Crippen LogP contribution in [0.2, 0.25) is 0 Å². The van der Waals surface area contributed by atoms with Gasteiger partial charge in [0.2, 0.25) is 0 Å². The first-order valence-corrected chi connectivity index (χ1v) is 6.23. The summed E-state index contributed by atoms with van der Waals surface area (Å²) in [7, 11) is 1.56. The molecule has 19 heavy (non-hydrogen) atoms. The fourth-order valence-electron chi connectivity index (χ4n) is 2.00. The van der Waals surface area contributed by atoms with E-state index >= 15 is 0 Å². The van der Waals surface area contributed by atoms with E-state index in [1.54, 1.807) is 25.3 Å². The van der Waals surface area contributed by atoms with Crippen LogP contribution in [0.5, 0.6) is 5.75 Å². The molecule has 2 aromatic carbocycles. The number of aryl methyl sites for hydroxylation is 1. The molecule has 2 aromatic rings. The Morgan fingerprint density at radius 1 is 1.16 bits per heavy atom. The van der Waals surface area contributed by atoms with Gasteiger partial charge in [-0.3, -0.25) is 4.79 Å². The second-order valence-corrected chi connectivity index (χ2v) is 4.30. The molecule has 0 atom stereocenters. The number of carbonyl (C=O) groups is 1. The monoisotopic (exact) mass is 255 g/mol. The zero-order valence-electron chi connectivity index (χ0n) is 11.1. The zero-order chi connectivity index (χ0) is 13.8. The standard InChI is InChI=1S/C16H17NO2/c1-3-11-8-9-15(19-2)13(10-11)16(18)12-6-4-5-7-14(12)17/h4-10H,3,17H2,1-2H3. The van der Waals surface area contributed by atoms with Crippen LogP contribution in [-0.2, 0) is 6.42 Å². The number of para-hydroxylation sites is 1. The van der Waals surface area contributed by atoms with Crippen LogP contribution in [-0.4, -0.2) is 12.9 Å². The SMILES string of the molecule is CCc1ccc(OC)c(C(=O)c2ccccc2N)c1. The van der Waals surface area contributed by atoms with Gasteiger partial charge >= 0.3 is 0 Å². The molecule has 98 valence electrons. The summed E-state index contributed by atoms with van der Waals surface area (Å²) in [6.45, 7) is 2.05. The number of anilines is 1. The Balaban J connectivity index is 2.51. The fourth-order valence-corrected chi connectivity index (χ4v) is 2.00. The van der Waals surface area contributed by atoms with E-state index in [1.807, 2.05) is 31.2 Å². The minimum Gasteiger partial charge on any atom is -0.496 e. The molecule has 0 bridgehead atoms. The van der Waals surface area contributed by atoms with Gasteiger partial charge in [-0.15, -0.1) is 0 Å². The maximum atomic E-state index is 12.6. The Morgan fingerprint density at radius 2 is 1.89 bits per heavy atom. The average molecular weight is 255 g/mol. The van der Waals surface area contributed by atoms with E-state index < -0.39 is 0 Å². The van der Waals surface area contributed by atoms with E-state index in [4.69, 9.17) is 10.5 Å². The number of hydrogen-bond donors (Lipinski definition) is 1. The van der Waals surface area contributed by atoms with Crippen LogP contribution in [0.25, 0.3) is 0 Å². The van der Waals surface area contributed by atoms with Crippen LogP contribution >= 0.6 is 0 Å². The van der Waals surface area contributed by atoms with Crippen molar-refractivity contribution < 1.29 is 9.53 Å². The smallest absolute Gasteiger partial charge is 0.198 e. The molecule has 0 radical (unpaired) electrons. The van der Waals surface area contributed by atoms with E-state index in [2.05, 4.69) is 0 Å². The molecule has 0 heterocycles. The number of carbonyl (C=O) groups excluding carboxylic acids is 1.